The fourth-order valence-electron chi connectivity index (χ4n) is 1.62. The molecule has 0 amide bonds. The van der Waals surface area contributed by atoms with Crippen molar-refractivity contribution in [2.75, 3.05) is 0 Å². The van der Waals surface area contributed by atoms with E-state index in [2.05, 4.69) is 14.8 Å². The van der Waals surface area contributed by atoms with E-state index in [9.17, 15) is 8.94 Å². The molecule has 5 nitrogen and oxygen atoms in total. The van der Waals surface area contributed by atoms with Gasteiger partial charge >= 0.3 is 0 Å². The number of hydrogen-bond acceptors (Lipinski definition) is 4. The Morgan fingerprint density at radius 3 is 2.52 bits per heavy atom. The highest BCUT2D eigenvalue weighted by atomic mass is 32.2. The van der Waals surface area contributed by atoms with Crippen LogP contribution in [0.25, 0.3) is 5.82 Å². The number of aromatic nitrogens is 3. The first kappa shape index (κ1) is 15.9. The van der Waals surface area contributed by atoms with Crippen molar-refractivity contribution in [2.45, 2.75) is 38.5 Å². The average Bonchev–Trinajstić information content (AvgIpc) is 2.84. The molecule has 2 aromatic heterocycles. The Morgan fingerprint density at radius 2 is 2.05 bits per heavy atom. The fourth-order valence-corrected chi connectivity index (χ4v) is 2.43. The molecule has 0 spiro atoms. The van der Waals surface area contributed by atoms with Gasteiger partial charge in [-0.3, -0.25) is 0 Å². The van der Waals surface area contributed by atoms with Gasteiger partial charge in [-0.05, 0) is 39.3 Å². The van der Waals surface area contributed by atoms with Crippen LogP contribution in [0, 0.1) is 5.82 Å². The number of pyridine rings is 1. The van der Waals surface area contributed by atoms with Crippen LogP contribution in [0.3, 0.4) is 0 Å². The molecule has 0 fully saturated rings. The van der Waals surface area contributed by atoms with Gasteiger partial charge in [0.15, 0.2) is 11.6 Å². The van der Waals surface area contributed by atoms with Gasteiger partial charge in [0.1, 0.15) is 4.75 Å². The number of nitrogens with zero attached hydrogens (tertiary/aromatic N) is 3. The minimum atomic E-state index is -1.15. The molecule has 7 heteroatoms. The summed E-state index contributed by atoms with van der Waals surface area (Å²) in [5.41, 5.74) is 0.906. The second-order valence-electron chi connectivity index (χ2n) is 5.77. The van der Waals surface area contributed by atoms with Crippen LogP contribution in [0.15, 0.2) is 30.7 Å². The van der Waals surface area contributed by atoms with E-state index in [1.807, 2.05) is 33.8 Å². The third-order valence-electron chi connectivity index (χ3n) is 2.90. The van der Waals surface area contributed by atoms with Crippen LogP contribution < -0.4 is 4.72 Å². The highest BCUT2D eigenvalue weighted by Gasteiger charge is 2.28. The highest BCUT2D eigenvalue weighted by Crippen LogP contribution is 2.19. The van der Waals surface area contributed by atoms with Crippen molar-refractivity contribution in [1.29, 1.82) is 0 Å². The van der Waals surface area contributed by atoms with Crippen molar-refractivity contribution >= 4 is 11.4 Å². The molecule has 2 aromatic rings. The maximum atomic E-state index is 12.9. The molecular weight excluding hydrogens is 291 g/mol. The first-order valence-corrected chi connectivity index (χ1v) is 7.77. The summed E-state index contributed by atoms with van der Waals surface area (Å²) in [4.78, 5) is 4.25. The van der Waals surface area contributed by atoms with Crippen LogP contribution in [0.2, 0.25) is 0 Å². The molecule has 0 bridgehead atoms. The molecule has 0 aliphatic rings. The van der Waals surface area contributed by atoms with Gasteiger partial charge < -0.3 is 4.55 Å². The molecule has 0 radical (unpaired) electrons. The second-order valence-corrected chi connectivity index (χ2v) is 7.77. The topological polar surface area (TPSA) is 65.8 Å². The lowest BCUT2D eigenvalue weighted by atomic mass is 10.1. The zero-order valence-corrected chi connectivity index (χ0v) is 13.3. The second kappa shape index (κ2) is 6.13. The predicted molar refractivity (Wildman–Crippen MR) is 80.8 cm³/mol. The third kappa shape index (κ3) is 4.03. The summed E-state index contributed by atoms with van der Waals surface area (Å²) in [5, 5.41) is 3.86. The Labute approximate surface area is 126 Å². The molecule has 1 unspecified atom stereocenters. The molecule has 2 rings (SSSR count). The van der Waals surface area contributed by atoms with E-state index in [-0.39, 0.29) is 10.8 Å². The summed E-state index contributed by atoms with van der Waals surface area (Å²) in [7, 11) is 0. The van der Waals surface area contributed by atoms with Crippen LogP contribution in [-0.4, -0.2) is 24.1 Å². The van der Waals surface area contributed by atoms with Gasteiger partial charge in [-0.2, -0.15) is 5.10 Å². The van der Waals surface area contributed by atoms with Gasteiger partial charge in [0, 0.05) is 17.6 Å². The Morgan fingerprint density at radius 1 is 1.33 bits per heavy atom. The van der Waals surface area contributed by atoms with Crippen molar-refractivity contribution < 1.29 is 8.94 Å². The molecular formula is C14H19FN4OS. The Bertz CT molecular complexity index is 594. The lowest BCUT2D eigenvalue weighted by molar-refractivity contribution is 0.531. The number of rotatable bonds is 4. The van der Waals surface area contributed by atoms with Gasteiger partial charge in [-0.1, -0.05) is 6.07 Å². The first-order valence-electron chi connectivity index (χ1n) is 6.62. The summed E-state index contributed by atoms with van der Waals surface area (Å²) in [6.45, 7) is 7.66. The normalized spacial score (nSPS) is 15.0. The number of halogens is 1. The zero-order valence-electron chi connectivity index (χ0n) is 12.5. The van der Waals surface area contributed by atoms with E-state index in [0.29, 0.717) is 5.82 Å². The number of hydrogen-bond donors (Lipinski definition) is 1. The Balaban J connectivity index is 2.08. The van der Waals surface area contributed by atoms with E-state index in [0.717, 1.165) is 11.8 Å². The fraction of sp³-hybridized carbons (Fsp3) is 0.429. The van der Waals surface area contributed by atoms with Crippen LogP contribution in [0.4, 0.5) is 4.39 Å². The smallest absolute Gasteiger partial charge is 0.161 e. The largest absolute Gasteiger partial charge is 0.598 e. The van der Waals surface area contributed by atoms with Gasteiger partial charge in [0.05, 0.1) is 18.4 Å². The zero-order chi connectivity index (χ0) is 15.6. The first-order chi connectivity index (χ1) is 9.77. The van der Waals surface area contributed by atoms with Crippen molar-refractivity contribution in [3.8, 4) is 5.82 Å². The Kier molecular flexibility index (Phi) is 4.65. The van der Waals surface area contributed by atoms with Crippen molar-refractivity contribution in [3.05, 3.63) is 42.1 Å². The maximum Gasteiger partial charge on any atom is 0.161 e. The van der Waals surface area contributed by atoms with Crippen molar-refractivity contribution in [3.63, 3.8) is 0 Å². The quantitative estimate of drug-likeness (QED) is 0.881. The van der Waals surface area contributed by atoms with E-state index in [4.69, 9.17) is 0 Å². The van der Waals surface area contributed by atoms with Crippen LogP contribution in [0.1, 0.15) is 39.3 Å². The minimum Gasteiger partial charge on any atom is -0.598 e. The molecule has 0 saturated heterocycles. The van der Waals surface area contributed by atoms with Gasteiger partial charge in [-0.25, -0.2) is 14.1 Å². The monoisotopic (exact) mass is 310 g/mol. The summed E-state index contributed by atoms with van der Waals surface area (Å²) < 4.78 is 29.1. The molecule has 21 heavy (non-hydrogen) atoms. The molecule has 0 aromatic carbocycles. The Hall–Kier alpha value is -1.44. The predicted octanol–water partition coefficient (Wildman–Crippen LogP) is 2.52. The van der Waals surface area contributed by atoms with Crippen LogP contribution in [-0.2, 0) is 11.4 Å². The van der Waals surface area contributed by atoms with Crippen molar-refractivity contribution in [1.82, 2.24) is 19.5 Å². The molecule has 0 aliphatic heterocycles. The summed E-state index contributed by atoms with van der Waals surface area (Å²) in [5.74, 6) is 0.128. The van der Waals surface area contributed by atoms with E-state index in [1.165, 1.54) is 10.9 Å². The van der Waals surface area contributed by atoms with Crippen molar-refractivity contribution in [2.24, 2.45) is 0 Å². The summed E-state index contributed by atoms with van der Waals surface area (Å²) in [6.07, 6.45) is 4.07. The van der Waals surface area contributed by atoms with E-state index < -0.39 is 17.2 Å². The van der Waals surface area contributed by atoms with Gasteiger partial charge in [0.25, 0.3) is 0 Å². The SMILES string of the molecule is C[C@@H](N[S+]([O-])C(C)(C)C)c1ccc(-n2cc(F)cn2)nc1. The minimum absolute atomic E-state index is 0.0963. The summed E-state index contributed by atoms with van der Waals surface area (Å²) in [6, 6.07) is 3.51. The van der Waals surface area contributed by atoms with E-state index in [1.54, 1.807) is 12.3 Å². The molecule has 114 valence electrons. The van der Waals surface area contributed by atoms with Gasteiger partial charge in [-0.15, -0.1) is 4.72 Å². The third-order valence-corrected chi connectivity index (χ3v) is 4.58. The molecule has 0 saturated carbocycles. The highest BCUT2D eigenvalue weighted by molar-refractivity contribution is 7.90. The van der Waals surface area contributed by atoms with Crippen LogP contribution in [0.5, 0.6) is 0 Å². The molecule has 2 atom stereocenters. The van der Waals surface area contributed by atoms with Gasteiger partial charge in [0.2, 0.25) is 0 Å². The van der Waals surface area contributed by atoms with Crippen LogP contribution >= 0.6 is 0 Å². The van der Waals surface area contributed by atoms with E-state index >= 15 is 0 Å². The average molecular weight is 310 g/mol. The lowest BCUT2D eigenvalue weighted by Crippen LogP contribution is -2.40. The number of nitrogens with one attached hydrogen (secondary N) is 1. The maximum absolute atomic E-state index is 12.9. The molecule has 0 aliphatic carbocycles. The lowest BCUT2D eigenvalue weighted by Gasteiger charge is -2.26. The summed E-state index contributed by atoms with van der Waals surface area (Å²) >= 11 is -1.15. The molecule has 1 N–H and O–H groups in total. The standard InChI is InChI=1S/C14H19FN4OS/c1-10(18-21(20)14(2,3)4)11-5-6-13(16-7-11)19-9-12(15)8-17-19/h5-10,18H,1-4H3/t10-,21?/m1/s1. The molecule has 2 heterocycles.